The summed E-state index contributed by atoms with van der Waals surface area (Å²) < 4.78 is 43.4. The van der Waals surface area contributed by atoms with Crippen molar-refractivity contribution in [3.63, 3.8) is 0 Å². The predicted octanol–water partition coefficient (Wildman–Crippen LogP) is 4.75. The van der Waals surface area contributed by atoms with E-state index >= 15 is 0 Å². The molecule has 0 aliphatic carbocycles. The van der Waals surface area contributed by atoms with Crippen LogP contribution >= 0.6 is 23.1 Å². The molecule has 1 aromatic carbocycles. The molecule has 0 atom stereocenters. The Morgan fingerprint density at radius 2 is 1.83 bits per heavy atom. The van der Waals surface area contributed by atoms with Gasteiger partial charge in [-0.25, -0.2) is 0 Å². The summed E-state index contributed by atoms with van der Waals surface area (Å²) in [5.74, 6) is 0.292. The van der Waals surface area contributed by atoms with Crippen molar-refractivity contribution in [3.05, 3.63) is 53.0 Å². The van der Waals surface area contributed by atoms with Crippen molar-refractivity contribution in [2.75, 3.05) is 16.4 Å². The van der Waals surface area contributed by atoms with Gasteiger partial charge in [0.05, 0.1) is 16.9 Å². The van der Waals surface area contributed by atoms with Gasteiger partial charge < -0.3 is 9.73 Å². The highest BCUT2D eigenvalue weighted by atomic mass is 32.2. The number of rotatable bonds is 6. The Hall–Kier alpha value is -2.86. The number of hydrogen-bond donors (Lipinski definition) is 2. The van der Waals surface area contributed by atoms with E-state index in [1.54, 1.807) is 19.9 Å². The highest BCUT2D eigenvalue weighted by molar-refractivity contribution is 8.01. The van der Waals surface area contributed by atoms with Crippen molar-refractivity contribution >= 4 is 45.7 Å². The molecule has 3 rings (SSSR count). The highest BCUT2D eigenvalue weighted by Crippen LogP contribution is 2.30. The molecule has 12 heteroatoms. The Kier molecular flexibility index (Phi) is 6.46. The van der Waals surface area contributed by atoms with Gasteiger partial charge in [0.1, 0.15) is 11.5 Å². The monoisotopic (exact) mass is 456 g/mol. The van der Waals surface area contributed by atoms with Gasteiger partial charge in [0, 0.05) is 5.69 Å². The molecule has 30 heavy (non-hydrogen) atoms. The van der Waals surface area contributed by atoms with Gasteiger partial charge in [0.25, 0.3) is 5.91 Å². The Balaban J connectivity index is 1.50. The lowest BCUT2D eigenvalue weighted by atomic mass is 10.2. The normalized spacial score (nSPS) is 11.4. The molecule has 2 amide bonds. The van der Waals surface area contributed by atoms with E-state index in [2.05, 4.69) is 20.8 Å². The number of halogens is 3. The summed E-state index contributed by atoms with van der Waals surface area (Å²) in [4.78, 5) is 24.2. The zero-order chi connectivity index (χ0) is 21.9. The first-order chi connectivity index (χ1) is 14.1. The van der Waals surface area contributed by atoms with Gasteiger partial charge in [-0.2, -0.15) is 13.2 Å². The number of nitrogens with zero attached hydrogens (tertiary/aromatic N) is 2. The average Bonchev–Trinajstić information content (AvgIpc) is 3.25. The zero-order valence-corrected chi connectivity index (χ0v) is 17.3. The largest absolute Gasteiger partial charge is 0.466 e. The number of thioether (sulfide) groups is 1. The summed E-state index contributed by atoms with van der Waals surface area (Å²) in [7, 11) is 0. The van der Waals surface area contributed by atoms with E-state index in [0.29, 0.717) is 21.4 Å². The molecule has 0 aliphatic rings. The van der Waals surface area contributed by atoms with Gasteiger partial charge in [-0.05, 0) is 44.2 Å². The fraction of sp³-hybridized carbons (Fsp3) is 0.222. The number of alkyl halides is 3. The summed E-state index contributed by atoms with van der Waals surface area (Å²) in [6.07, 6.45) is -4.43. The van der Waals surface area contributed by atoms with Crippen molar-refractivity contribution < 1.29 is 27.2 Å². The zero-order valence-electron chi connectivity index (χ0n) is 15.7. The predicted molar refractivity (Wildman–Crippen MR) is 107 cm³/mol. The maximum Gasteiger partial charge on any atom is 0.416 e. The number of anilines is 2. The molecule has 0 saturated carbocycles. The van der Waals surface area contributed by atoms with Crippen molar-refractivity contribution in [2.24, 2.45) is 0 Å². The summed E-state index contributed by atoms with van der Waals surface area (Å²) in [5, 5.41) is 13.2. The minimum absolute atomic E-state index is 0.0242. The quantitative estimate of drug-likeness (QED) is 0.410. The average molecular weight is 456 g/mol. The van der Waals surface area contributed by atoms with E-state index in [4.69, 9.17) is 4.42 Å². The van der Waals surface area contributed by atoms with Gasteiger partial charge in [-0.15, -0.1) is 10.2 Å². The number of amides is 2. The number of carbonyl (C=O) groups excluding carboxylic acids is 2. The van der Waals surface area contributed by atoms with Gasteiger partial charge in [-0.3, -0.25) is 14.9 Å². The topological polar surface area (TPSA) is 97.1 Å². The Morgan fingerprint density at radius 1 is 1.13 bits per heavy atom. The molecule has 0 radical (unpaired) electrons. The SMILES string of the molecule is Cc1cc(C(=O)Nc2nnc(SCC(=O)Nc3ccc(C(F)(F)F)cc3)s2)c(C)o1. The minimum atomic E-state index is -4.43. The molecule has 0 bridgehead atoms. The van der Waals surface area contributed by atoms with Crippen molar-refractivity contribution in [2.45, 2.75) is 24.4 Å². The molecule has 0 unspecified atom stereocenters. The Bertz CT molecular complexity index is 1060. The number of benzene rings is 1. The van der Waals surface area contributed by atoms with Crippen LogP contribution in [0.3, 0.4) is 0 Å². The van der Waals surface area contributed by atoms with Crippen LogP contribution < -0.4 is 10.6 Å². The molecule has 7 nitrogen and oxygen atoms in total. The van der Waals surface area contributed by atoms with Crippen molar-refractivity contribution in [1.29, 1.82) is 0 Å². The molecule has 2 N–H and O–H groups in total. The lowest BCUT2D eigenvalue weighted by Gasteiger charge is -2.08. The molecule has 3 aromatic rings. The standard InChI is InChI=1S/C18H15F3N4O3S2/c1-9-7-13(10(2)28-9)15(27)23-16-24-25-17(30-16)29-8-14(26)22-12-5-3-11(4-6-12)18(19,20)21/h3-7H,8H2,1-2H3,(H,22,26)(H,23,24,27). The maximum atomic E-state index is 12.6. The Morgan fingerprint density at radius 3 is 2.43 bits per heavy atom. The van der Waals surface area contributed by atoms with E-state index in [9.17, 15) is 22.8 Å². The number of furan rings is 1. The van der Waals surface area contributed by atoms with Crippen LogP contribution in [0.15, 0.2) is 39.1 Å². The molecular formula is C18H15F3N4O3S2. The first-order valence-corrected chi connectivity index (χ1v) is 10.2. The van der Waals surface area contributed by atoms with E-state index < -0.39 is 17.6 Å². The fourth-order valence-electron chi connectivity index (χ4n) is 2.41. The number of aromatic nitrogens is 2. The first kappa shape index (κ1) is 21.8. The van der Waals surface area contributed by atoms with Gasteiger partial charge in [0.15, 0.2) is 4.34 Å². The highest BCUT2D eigenvalue weighted by Gasteiger charge is 2.30. The minimum Gasteiger partial charge on any atom is -0.466 e. The molecule has 2 heterocycles. The van der Waals surface area contributed by atoms with Crippen molar-refractivity contribution in [3.8, 4) is 0 Å². The van der Waals surface area contributed by atoms with Crippen molar-refractivity contribution in [1.82, 2.24) is 10.2 Å². The first-order valence-electron chi connectivity index (χ1n) is 8.43. The second-order valence-electron chi connectivity index (χ2n) is 6.07. The van der Waals surface area contributed by atoms with Crippen LogP contribution in [-0.2, 0) is 11.0 Å². The van der Waals surface area contributed by atoms with Gasteiger partial charge in [-0.1, -0.05) is 23.1 Å². The van der Waals surface area contributed by atoms with Crippen LogP contribution in [-0.4, -0.2) is 27.8 Å². The van der Waals surface area contributed by atoms with Gasteiger partial charge in [0.2, 0.25) is 11.0 Å². The third-order valence-electron chi connectivity index (χ3n) is 3.74. The van der Waals surface area contributed by atoms with Crippen LogP contribution in [0.2, 0.25) is 0 Å². The van der Waals surface area contributed by atoms with Crippen LogP contribution in [0.4, 0.5) is 24.0 Å². The number of nitrogens with one attached hydrogen (secondary N) is 2. The number of hydrogen-bond acceptors (Lipinski definition) is 7. The van der Waals surface area contributed by atoms with E-state index in [1.807, 2.05) is 0 Å². The number of aryl methyl sites for hydroxylation is 2. The molecule has 2 aromatic heterocycles. The van der Waals surface area contributed by atoms with Crippen LogP contribution in [0.1, 0.15) is 27.4 Å². The second-order valence-corrected chi connectivity index (χ2v) is 8.27. The van der Waals surface area contributed by atoms with E-state index in [0.717, 1.165) is 35.2 Å². The van der Waals surface area contributed by atoms with Crippen LogP contribution in [0, 0.1) is 13.8 Å². The molecule has 0 saturated heterocycles. The smallest absolute Gasteiger partial charge is 0.416 e. The number of carbonyl (C=O) groups is 2. The summed E-state index contributed by atoms with van der Waals surface area (Å²) in [6.45, 7) is 3.41. The molecule has 158 valence electrons. The summed E-state index contributed by atoms with van der Waals surface area (Å²) in [6, 6.07) is 5.78. The molecule has 0 fully saturated rings. The maximum absolute atomic E-state index is 12.6. The van der Waals surface area contributed by atoms with Gasteiger partial charge >= 0.3 is 6.18 Å². The van der Waals surface area contributed by atoms with Crippen LogP contribution in [0.25, 0.3) is 0 Å². The van der Waals surface area contributed by atoms with Crippen LogP contribution in [0.5, 0.6) is 0 Å². The third-order valence-corrected chi connectivity index (χ3v) is 5.71. The molecular weight excluding hydrogens is 441 g/mol. The lowest BCUT2D eigenvalue weighted by molar-refractivity contribution is -0.137. The summed E-state index contributed by atoms with van der Waals surface area (Å²) >= 11 is 2.18. The van der Waals surface area contributed by atoms with E-state index in [-0.39, 0.29) is 22.5 Å². The lowest BCUT2D eigenvalue weighted by Crippen LogP contribution is -2.14. The molecule has 0 spiro atoms. The fourth-order valence-corrected chi connectivity index (χ4v) is 3.95. The second kappa shape index (κ2) is 8.88. The third kappa shape index (κ3) is 5.60. The Labute approximate surface area is 177 Å². The molecule has 0 aliphatic heterocycles. The van der Waals surface area contributed by atoms with E-state index in [1.165, 1.54) is 12.1 Å². The summed E-state index contributed by atoms with van der Waals surface area (Å²) in [5.41, 5.74) is -0.142.